The van der Waals surface area contributed by atoms with E-state index >= 15 is 0 Å². The topological polar surface area (TPSA) is 55.7 Å². The molecule has 0 unspecified atom stereocenters. The summed E-state index contributed by atoms with van der Waals surface area (Å²) in [5.74, 6) is 1.59. The van der Waals surface area contributed by atoms with Crippen LogP contribution < -0.4 is 4.74 Å². The van der Waals surface area contributed by atoms with Gasteiger partial charge in [-0.1, -0.05) is 18.2 Å². The largest absolute Gasteiger partial charge is 0.496 e. The number of nitrogens with one attached hydrogen (secondary N) is 1. The van der Waals surface area contributed by atoms with Crippen LogP contribution in [0.15, 0.2) is 36.4 Å². The Kier molecular flexibility index (Phi) is 4.10. The third kappa shape index (κ3) is 2.94. The lowest BCUT2D eigenvalue weighted by Gasteiger charge is -2.07. The van der Waals surface area contributed by atoms with Crippen LogP contribution in [0, 0.1) is 6.92 Å². The molecule has 3 aromatic rings. The van der Waals surface area contributed by atoms with Gasteiger partial charge >= 0.3 is 6.55 Å². The molecule has 2 heterocycles. The van der Waals surface area contributed by atoms with Crippen molar-refractivity contribution in [1.82, 2.24) is 19.7 Å². The Bertz CT molecular complexity index is 810. The van der Waals surface area contributed by atoms with Gasteiger partial charge in [-0.2, -0.15) is 13.9 Å². The number of aromatic amines is 1. The maximum atomic E-state index is 13.1. The maximum Gasteiger partial charge on any atom is 0.319 e. The molecule has 0 bridgehead atoms. The summed E-state index contributed by atoms with van der Waals surface area (Å²) in [6, 6.07) is 10.8. The van der Waals surface area contributed by atoms with Crippen LogP contribution in [0.4, 0.5) is 8.78 Å². The van der Waals surface area contributed by atoms with Crippen molar-refractivity contribution < 1.29 is 13.5 Å². The fourth-order valence-corrected chi connectivity index (χ4v) is 2.51. The standard InChI is InChI=1S/C16H16F2N4O/c1-10-7-8-12(22(10)16(17)18)15-19-14(20-21-15)9-11-5-3-4-6-13(11)23-2/h3-8,16H,9H2,1-2H3,(H,19,20,21). The number of methoxy groups -OCH3 is 1. The minimum Gasteiger partial charge on any atom is -0.496 e. The van der Waals surface area contributed by atoms with Crippen molar-refractivity contribution in [3.8, 4) is 17.3 Å². The van der Waals surface area contributed by atoms with Gasteiger partial charge in [0.15, 0.2) is 5.82 Å². The molecule has 0 aliphatic carbocycles. The van der Waals surface area contributed by atoms with Crippen LogP contribution in [-0.4, -0.2) is 26.9 Å². The molecule has 23 heavy (non-hydrogen) atoms. The monoisotopic (exact) mass is 318 g/mol. The summed E-state index contributed by atoms with van der Waals surface area (Å²) in [5.41, 5.74) is 1.70. The first-order chi connectivity index (χ1) is 11.1. The van der Waals surface area contributed by atoms with Crippen LogP contribution in [0.1, 0.15) is 23.6 Å². The number of H-pyrrole nitrogens is 1. The van der Waals surface area contributed by atoms with Gasteiger partial charge in [-0.3, -0.25) is 9.67 Å². The van der Waals surface area contributed by atoms with Crippen molar-refractivity contribution >= 4 is 0 Å². The fraction of sp³-hybridized carbons (Fsp3) is 0.250. The summed E-state index contributed by atoms with van der Waals surface area (Å²) in [4.78, 5) is 4.33. The van der Waals surface area contributed by atoms with E-state index in [1.807, 2.05) is 24.3 Å². The molecule has 1 N–H and O–H groups in total. The van der Waals surface area contributed by atoms with Crippen LogP contribution >= 0.6 is 0 Å². The van der Waals surface area contributed by atoms with Crippen LogP contribution in [0.2, 0.25) is 0 Å². The van der Waals surface area contributed by atoms with Gasteiger partial charge in [-0.05, 0) is 25.1 Å². The van der Waals surface area contributed by atoms with Gasteiger partial charge in [0.1, 0.15) is 11.6 Å². The Morgan fingerprint density at radius 1 is 1.22 bits per heavy atom. The zero-order valence-electron chi connectivity index (χ0n) is 12.8. The smallest absolute Gasteiger partial charge is 0.319 e. The molecule has 5 nitrogen and oxygen atoms in total. The molecule has 0 spiro atoms. The first-order valence-corrected chi connectivity index (χ1v) is 7.09. The lowest BCUT2D eigenvalue weighted by Crippen LogP contribution is -2.03. The highest BCUT2D eigenvalue weighted by Crippen LogP contribution is 2.26. The first-order valence-electron chi connectivity index (χ1n) is 7.09. The van der Waals surface area contributed by atoms with Gasteiger partial charge in [0.05, 0.1) is 12.8 Å². The van der Waals surface area contributed by atoms with E-state index in [0.717, 1.165) is 15.9 Å². The highest BCUT2D eigenvalue weighted by atomic mass is 19.3. The molecule has 2 aromatic heterocycles. The lowest BCUT2D eigenvalue weighted by atomic mass is 10.1. The number of ether oxygens (including phenoxy) is 1. The maximum absolute atomic E-state index is 13.1. The third-order valence-electron chi connectivity index (χ3n) is 3.63. The molecule has 3 rings (SSSR count). The second-order valence-electron chi connectivity index (χ2n) is 5.10. The van der Waals surface area contributed by atoms with E-state index < -0.39 is 6.55 Å². The number of aromatic nitrogens is 4. The molecule has 0 saturated carbocycles. The molecule has 0 saturated heterocycles. The number of para-hydroxylation sites is 1. The summed E-state index contributed by atoms with van der Waals surface area (Å²) in [5, 5.41) is 6.87. The third-order valence-corrected chi connectivity index (χ3v) is 3.63. The van der Waals surface area contributed by atoms with E-state index in [1.165, 1.54) is 0 Å². The molecular weight excluding hydrogens is 302 g/mol. The first kappa shape index (κ1) is 15.2. The van der Waals surface area contributed by atoms with Crippen LogP contribution in [0.3, 0.4) is 0 Å². The van der Waals surface area contributed by atoms with Crippen molar-refractivity contribution in [3.05, 3.63) is 53.5 Å². The molecule has 120 valence electrons. The van der Waals surface area contributed by atoms with E-state index in [2.05, 4.69) is 15.2 Å². The molecule has 0 radical (unpaired) electrons. The van der Waals surface area contributed by atoms with Crippen molar-refractivity contribution in [1.29, 1.82) is 0 Å². The van der Waals surface area contributed by atoms with Crippen molar-refractivity contribution in [2.75, 3.05) is 7.11 Å². The number of halogens is 2. The lowest BCUT2D eigenvalue weighted by molar-refractivity contribution is 0.0703. The fourth-order valence-electron chi connectivity index (χ4n) is 2.51. The Balaban J connectivity index is 1.90. The summed E-state index contributed by atoms with van der Waals surface area (Å²) in [6.07, 6.45) is 0.478. The van der Waals surface area contributed by atoms with Gasteiger partial charge < -0.3 is 4.74 Å². The van der Waals surface area contributed by atoms with E-state index in [1.54, 1.807) is 26.2 Å². The van der Waals surface area contributed by atoms with Crippen molar-refractivity contribution in [2.45, 2.75) is 19.9 Å². The van der Waals surface area contributed by atoms with Crippen LogP contribution in [0.5, 0.6) is 5.75 Å². The van der Waals surface area contributed by atoms with E-state index in [9.17, 15) is 8.78 Å². The van der Waals surface area contributed by atoms with Crippen LogP contribution in [-0.2, 0) is 6.42 Å². The number of benzene rings is 1. The zero-order valence-corrected chi connectivity index (χ0v) is 12.8. The molecule has 0 atom stereocenters. The minimum absolute atomic E-state index is 0.253. The molecule has 1 aromatic carbocycles. The highest BCUT2D eigenvalue weighted by molar-refractivity contribution is 5.51. The van der Waals surface area contributed by atoms with Crippen molar-refractivity contribution in [3.63, 3.8) is 0 Å². The number of nitrogens with zero attached hydrogens (tertiary/aromatic N) is 3. The Hall–Kier alpha value is -2.70. The highest BCUT2D eigenvalue weighted by Gasteiger charge is 2.18. The van der Waals surface area contributed by atoms with E-state index in [4.69, 9.17) is 4.74 Å². The Labute approximate surface area is 131 Å². The van der Waals surface area contributed by atoms with Crippen molar-refractivity contribution in [2.24, 2.45) is 0 Å². The number of rotatable bonds is 5. The van der Waals surface area contributed by atoms with E-state index in [-0.39, 0.29) is 5.82 Å². The van der Waals surface area contributed by atoms with Gasteiger partial charge in [0.2, 0.25) is 0 Å². The average molecular weight is 318 g/mol. The molecular formula is C16H16F2N4O. The summed E-state index contributed by atoms with van der Waals surface area (Å²) >= 11 is 0. The average Bonchev–Trinajstić information content (AvgIpc) is 3.14. The normalized spacial score (nSPS) is 11.2. The number of aryl methyl sites for hydroxylation is 1. The number of hydrogen-bond acceptors (Lipinski definition) is 3. The van der Waals surface area contributed by atoms with Crippen LogP contribution in [0.25, 0.3) is 11.5 Å². The van der Waals surface area contributed by atoms with E-state index in [0.29, 0.717) is 23.6 Å². The summed E-state index contributed by atoms with van der Waals surface area (Å²) in [7, 11) is 1.60. The van der Waals surface area contributed by atoms with Gasteiger partial charge in [-0.25, -0.2) is 4.98 Å². The SMILES string of the molecule is COc1ccccc1Cc1nc(-c2ccc(C)n2C(F)F)n[nH]1. The molecule has 0 aliphatic rings. The van der Waals surface area contributed by atoms with Gasteiger partial charge in [0.25, 0.3) is 0 Å². The molecule has 0 amide bonds. The molecule has 0 fully saturated rings. The summed E-state index contributed by atoms with van der Waals surface area (Å²) < 4.78 is 32.5. The Morgan fingerprint density at radius 2 is 2.00 bits per heavy atom. The quantitative estimate of drug-likeness (QED) is 0.782. The molecule has 7 heteroatoms. The number of alkyl halides is 2. The second kappa shape index (κ2) is 6.20. The molecule has 0 aliphatic heterocycles. The minimum atomic E-state index is -2.63. The van der Waals surface area contributed by atoms with Gasteiger partial charge in [0, 0.05) is 17.7 Å². The van der Waals surface area contributed by atoms with Gasteiger partial charge in [-0.15, -0.1) is 0 Å². The zero-order chi connectivity index (χ0) is 16.4. The summed E-state index contributed by atoms with van der Waals surface area (Å²) in [6.45, 7) is -1.01. The predicted molar refractivity (Wildman–Crippen MR) is 81.6 cm³/mol. The predicted octanol–water partition coefficient (Wildman–Crippen LogP) is 3.58. The number of hydrogen-bond donors (Lipinski definition) is 1. The Morgan fingerprint density at radius 3 is 2.74 bits per heavy atom. The second-order valence-corrected chi connectivity index (χ2v) is 5.10.